The van der Waals surface area contributed by atoms with Crippen molar-refractivity contribution in [3.8, 4) is 17.2 Å². The van der Waals surface area contributed by atoms with Crippen LogP contribution in [0.4, 0.5) is 0 Å². The van der Waals surface area contributed by atoms with Gasteiger partial charge in [0.15, 0.2) is 5.58 Å². The average molecular weight is 386 g/mol. The normalized spacial score (nSPS) is 11.0. The fourth-order valence-corrected chi connectivity index (χ4v) is 3.00. The monoisotopic (exact) mass is 386 g/mol. The molecule has 4 aromatic rings. The number of fused-ring (bicyclic) bond motifs is 1. The van der Waals surface area contributed by atoms with Gasteiger partial charge in [-0.1, -0.05) is 24.3 Å². The van der Waals surface area contributed by atoms with Crippen LogP contribution in [-0.4, -0.2) is 17.0 Å². The number of oxazole rings is 1. The van der Waals surface area contributed by atoms with Crippen LogP contribution >= 0.6 is 0 Å². The highest BCUT2D eigenvalue weighted by molar-refractivity contribution is 5.94. The Balaban J connectivity index is 1.38. The molecule has 0 aliphatic heterocycles. The van der Waals surface area contributed by atoms with Gasteiger partial charge < -0.3 is 14.5 Å². The Morgan fingerprint density at radius 1 is 1.00 bits per heavy atom. The summed E-state index contributed by atoms with van der Waals surface area (Å²) >= 11 is 0. The van der Waals surface area contributed by atoms with Gasteiger partial charge in [0.1, 0.15) is 11.3 Å². The zero-order chi connectivity index (χ0) is 20.2. The summed E-state index contributed by atoms with van der Waals surface area (Å²) in [5.41, 5.74) is 4.10. The van der Waals surface area contributed by atoms with Crippen LogP contribution in [0.3, 0.4) is 0 Å². The van der Waals surface area contributed by atoms with Crippen LogP contribution in [0.15, 0.2) is 77.2 Å². The van der Waals surface area contributed by atoms with E-state index in [0.29, 0.717) is 18.0 Å². The molecule has 1 heterocycles. The van der Waals surface area contributed by atoms with E-state index in [-0.39, 0.29) is 12.0 Å². The average Bonchev–Trinajstić information content (AvgIpc) is 3.17. The number of benzene rings is 3. The maximum Gasteiger partial charge on any atom is 0.251 e. The zero-order valence-corrected chi connectivity index (χ0v) is 16.4. The van der Waals surface area contributed by atoms with Gasteiger partial charge in [-0.3, -0.25) is 4.79 Å². The molecule has 5 heteroatoms. The number of nitrogens with zero attached hydrogens (tertiary/aromatic N) is 1. The van der Waals surface area contributed by atoms with Crippen LogP contribution in [0.5, 0.6) is 5.75 Å². The fraction of sp³-hybridized carbons (Fsp3) is 0.167. The van der Waals surface area contributed by atoms with Crippen molar-refractivity contribution in [2.45, 2.75) is 26.5 Å². The molecule has 29 heavy (non-hydrogen) atoms. The second-order valence-corrected chi connectivity index (χ2v) is 7.06. The molecule has 0 saturated carbocycles. The van der Waals surface area contributed by atoms with Gasteiger partial charge in [-0.2, -0.15) is 0 Å². The minimum absolute atomic E-state index is 0.104. The molecule has 0 radical (unpaired) electrons. The molecule has 0 aliphatic rings. The lowest BCUT2D eigenvalue weighted by Gasteiger charge is -2.10. The van der Waals surface area contributed by atoms with Crippen LogP contribution in [0.2, 0.25) is 0 Å². The van der Waals surface area contributed by atoms with Crippen LogP contribution in [-0.2, 0) is 6.54 Å². The first-order valence-corrected chi connectivity index (χ1v) is 9.58. The Kier molecular flexibility index (Phi) is 5.29. The van der Waals surface area contributed by atoms with Gasteiger partial charge in [-0.25, -0.2) is 4.98 Å². The van der Waals surface area contributed by atoms with Crippen molar-refractivity contribution in [2.24, 2.45) is 0 Å². The van der Waals surface area contributed by atoms with Crippen molar-refractivity contribution in [3.63, 3.8) is 0 Å². The molecular formula is C24H22N2O3. The predicted octanol–water partition coefficient (Wildman–Crippen LogP) is 5.21. The van der Waals surface area contributed by atoms with Crippen LogP contribution in [0.25, 0.3) is 22.6 Å². The first-order chi connectivity index (χ1) is 14.1. The minimum Gasteiger partial charge on any atom is -0.491 e. The number of amides is 1. The van der Waals surface area contributed by atoms with E-state index in [2.05, 4.69) is 10.3 Å². The Morgan fingerprint density at radius 3 is 2.41 bits per heavy atom. The molecule has 1 amide bonds. The predicted molar refractivity (Wildman–Crippen MR) is 113 cm³/mol. The number of aromatic nitrogens is 1. The summed E-state index contributed by atoms with van der Waals surface area (Å²) in [5, 5.41) is 2.94. The van der Waals surface area contributed by atoms with Crippen molar-refractivity contribution in [1.82, 2.24) is 10.3 Å². The van der Waals surface area contributed by atoms with Crippen molar-refractivity contribution < 1.29 is 13.9 Å². The molecular weight excluding hydrogens is 364 g/mol. The van der Waals surface area contributed by atoms with E-state index in [4.69, 9.17) is 9.15 Å². The van der Waals surface area contributed by atoms with Gasteiger partial charge in [0.05, 0.1) is 6.10 Å². The van der Waals surface area contributed by atoms with E-state index in [1.165, 1.54) is 0 Å². The summed E-state index contributed by atoms with van der Waals surface area (Å²) in [4.78, 5) is 16.9. The molecule has 0 bridgehead atoms. The zero-order valence-electron chi connectivity index (χ0n) is 16.4. The quantitative estimate of drug-likeness (QED) is 0.494. The summed E-state index contributed by atoms with van der Waals surface area (Å²) in [7, 11) is 0. The number of carbonyl (C=O) groups is 1. The Morgan fingerprint density at radius 2 is 1.72 bits per heavy atom. The first-order valence-electron chi connectivity index (χ1n) is 9.58. The fourth-order valence-electron chi connectivity index (χ4n) is 3.00. The highest BCUT2D eigenvalue weighted by Gasteiger charge is 2.09. The van der Waals surface area contributed by atoms with E-state index in [1.807, 2.05) is 74.5 Å². The number of ether oxygens (including phenoxy) is 1. The van der Waals surface area contributed by atoms with Gasteiger partial charge >= 0.3 is 0 Å². The van der Waals surface area contributed by atoms with Gasteiger partial charge in [0, 0.05) is 17.7 Å². The van der Waals surface area contributed by atoms with Gasteiger partial charge in [-0.05, 0) is 67.9 Å². The molecule has 4 rings (SSSR count). The van der Waals surface area contributed by atoms with Crippen LogP contribution < -0.4 is 10.1 Å². The molecule has 1 aromatic heterocycles. The maximum atomic E-state index is 12.4. The molecule has 0 atom stereocenters. The van der Waals surface area contributed by atoms with E-state index in [9.17, 15) is 4.79 Å². The third-order valence-electron chi connectivity index (χ3n) is 4.44. The van der Waals surface area contributed by atoms with E-state index >= 15 is 0 Å². The third kappa shape index (κ3) is 4.46. The lowest BCUT2D eigenvalue weighted by molar-refractivity contribution is 0.0951. The second kappa shape index (κ2) is 8.19. The van der Waals surface area contributed by atoms with Crippen molar-refractivity contribution in [2.75, 3.05) is 0 Å². The van der Waals surface area contributed by atoms with Crippen LogP contribution in [0, 0.1) is 0 Å². The first kappa shape index (κ1) is 18.7. The van der Waals surface area contributed by atoms with Crippen molar-refractivity contribution >= 4 is 17.0 Å². The number of carbonyl (C=O) groups excluding carboxylic acids is 1. The smallest absolute Gasteiger partial charge is 0.251 e. The van der Waals surface area contributed by atoms with Crippen molar-refractivity contribution in [3.05, 3.63) is 83.9 Å². The van der Waals surface area contributed by atoms with Gasteiger partial charge in [-0.15, -0.1) is 0 Å². The minimum atomic E-state index is -0.121. The highest BCUT2D eigenvalue weighted by atomic mass is 16.5. The van der Waals surface area contributed by atoms with Crippen molar-refractivity contribution in [1.29, 1.82) is 0 Å². The van der Waals surface area contributed by atoms with E-state index < -0.39 is 0 Å². The Labute approximate surface area is 169 Å². The number of hydrogen-bond donors (Lipinski definition) is 1. The number of para-hydroxylation sites is 2. The summed E-state index contributed by atoms with van der Waals surface area (Å²) in [5.74, 6) is 1.22. The standard InChI is InChI=1S/C24H22N2O3/c1-16(2)28-20-13-11-18(12-14-20)23(27)25-15-17-7-9-19(10-8-17)24-26-21-5-3-4-6-22(21)29-24/h3-14,16H,15H2,1-2H3,(H,25,27). The van der Waals surface area contributed by atoms with E-state index in [1.54, 1.807) is 12.1 Å². The molecule has 0 saturated heterocycles. The molecule has 1 N–H and O–H groups in total. The summed E-state index contributed by atoms with van der Waals surface area (Å²) in [6.07, 6.45) is 0.104. The van der Waals surface area contributed by atoms with E-state index in [0.717, 1.165) is 28.0 Å². The second-order valence-electron chi connectivity index (χ2n) is 7.06. The molecule has 146 valence electrons. The Hall–Kier alpha value is -3.60. The number of rotatable bonds is 6. The SMILES string of the molecule is CC(C)Oc1ccc(C(=O)NCc2ccc(-c3nc4ccccc4o3)cc2)cc1. The lowest BCUT2D eigenvalue weighted by atomic mass is 10.1. The number of hydrogen-bond acceptors (Lipinski definition) is 4. The maximum absolute atomic E-state index is 12.4. The Bertz CT molecular complexity index is 1080. The molecule has 3 aromatic carbocycles. The van der Waals surface area contributed by atoms with Crippen LogP contribution in [0.1, 0.15) is 29.8 Å². The highest BCUT2D eigenvalue weighted by Crippen LogP contribution is 2.24. The number of nitrogens with one attached hydrogen (secondary N) is 1. The molecule has 0 spiro atoms. The van der Waals surface area contributed by atoms with Gasteiger partial charge in [0.25, 0.3) is 5.91 Å². The largest absolute Gasteiger partial charge is 0.491 e. The lowest BCUT2D eigenvalue weighted by Crippen LogP contribution is -2.22. The topological polar surface area (TPSA) is 64.4 Å². The molecule has 5 nitrogen and oxygen atoms in total. The molecule has 0 aliphatic carbocycles. The summed E-state index contributed by atoms with van der Waals surface area (Å²) in [6, 6.07) is 22.7. The summed E-state index contributed by atoms with van der Waals surface area (Å²) < 4.78 is 11.4. The third-order valence-corrected chi connectivity index (χ3v) is 4.44. The molecule has 0 fully saturated rings. The van der Waals surface area contributed by atoms with Gasteiger partial charge in [0.2, 0.25) is 5.89 Å². The molecule has 0 unspecified atom stereocenters. The summed E-state index contributed by atoms with van der Waals surface area (Å²) in [6.45, 7) is 4.38.